The van der Waals surface area contributed by atoms with E-state index >= 15 is 0 Å². The van der Waals surface area contributed by atoms with Crippen molar-refractivity contribution in [3.63, 3.8) is 0 Å². The van der Waals surface area contributed by atoms with Crippen molar-refractivity contribution < 1.29 is 38.4 Å². The number of rotatable bonds is 9. The van der Waals surface area contributed by atoms with E-state index in [1.807, 2.05) is 20.8 Å². The van der Waals surface area contributed by atoms with Crippen molar-refractivity contribution in [1.82, 2.24) is 0 Å². The molecule has 144 valence electrons. The first-order valence-corrected chi connectivity index (χ1v) is 8.80. The average Bonchev–Trinajstić information content (AvgIpc) is 2.54. The number of carbonyl (C=O) groups excluding carboxylic acids is 3. The van der Waals surface area contributed by atoms with E-state index in [-0.39, 0.29) is 25.9 Å². The van der Waals surface area contributed by atoms with Crippen molar-refractivity contribution in [2.75, 3.05) is 6.61 Å². The number of aliphatic hydroxyl groups is 1. The third-order valence-electron chi connectivity index (χ3n) is 3.58. The van der Waals surface area contributed by atoms with Crippen LogP contribution in [-0.4, -0.2) is 54.2 Å². The topological polar surface area (TPSA) is 108 Å². The number of ether oxygens (including phenoxy) is 4. The minimum Gasteiger partial charge on any atom is -0.456 e. The maximum Gasteiger partial charge on any atom is 0.306 e. The molecule has 8 nitrogen and oxygen atoms in total. The van der Waals surface area contributed by atoms with Crippen LogP contribution in [0.2, 0.25) is 0 Å². The molecule has 1 heterocycles. The maximum absolute atomic E-state index is 11.9. The van der Waals surface area contributed by atoms with Crippen LogP contribution in [0, 0.1) is 0 Å². The molecule has 0 spiro atoms. The number of carbonyl (C=O) groups is 3. The molecule has 4 atom stereocenters. The lowest BCUT2D eigenvalue weighted by molar-refractivity contribution is -0.268. The van der Waals surface area contributed by atoms with Gasteiger partial charge in [-0.3, -0.25) is 14.4 Å². The average molecular weight is 360 g/mol. The summed E-state index contributed by atoms with van der Waals surface area (Å²) in [5.41, 5.74) is 0. The van der Waals surface area contributed by atoms with Crippen molar-refractivity contribution in [3.05, 3.63) is 0 Å². The van der Waals surface area contributed by atoms with E-state index in [0.29, 0.717) is 19.3 Å². The summed E-state index contributed by atoms with van der Waals surface area (Å²) in [6, 6.07) is 0. The van der Waals surface area contributed by atoms with Crippen molar-refractivity contribution in [2.45, 2.75) is 83.9 Å². The molecule has 0 aromatic carbocycles. The molecular weight excluding hydrogens is 332 g/mol. The van der Waals surface area contributed by atoms with Gasteiger partial charge in [-0.15, -0.1) is 0 Å². The molecule has 0 amide bonds. The Hall–Kier alpha value is -1.67. The van der Waals surface area contributed by atoms with Gasteiger partial charge in [-0.1, -0.05) is 20.8 Å². The van der Waals surface area contributed by atoms with Gasteiger partial charge in [0.1, 0.15) is 0 Å². The Morgan fingerprint density at radius 1 is 0.840 bits per heavy atom. The van der Waals surface area contributed by atoms with Crippen LogP contribution in [-0.2, 0) is 33.3 Å². The summed E-state index contributed by atoms with van der Waals surface area (Å²) in [6.45, 7) is 5.31. The fourth-order valence-corrected chi connectivity index (χ4v) is 2.39. The van der Waals surface area contributed by atoms with E-state index < -0.39 is 42.5 Å². The van der Waals surface area contributed by atoms with Crippen LogP contribution in [0.15, 0.2) is 0 Å². The van der Waals surface area contributed by atoms with Gasteiger partial charge in [-0.05, 0) is 19.3 Å². The highest BCUT2D eigenvalue weighted by Crippen LogP contribution is 2.24. The van der Waals surface area contributed by atoms with E-state index in [1.54, 1.807) is 0 Å². The smallest absolute Gasteiger partial charge is 0.306 e. The molecule has 1 rings (SSSR count). The molecule has 0 aliphatic carbocycles. The molecule has 1 saturated heterocycles. The minimum atomic E-state index is -1.46. The van der Waals surface area contributed by atoms with Gasteiger partial charge in [-0.25, -0.2) is 0 Å². The first-order valence-electron chi connectivity index (χ1n) is 8.80. The van der Waals surface area contributed by atoms with Gasteiger partial charge in [0, 0.05) is 19.3 Å². The van der Waals surface area contributed by atoms with Crippen LogP contribution in [0.5, 0.6) is 0 Å². The molecule has 0 bridgehead atoms. The van der Waals surface area contributed by atoms with E-state index in [4.69, 9.17) is 18.9 Å². The predicted octanol–water partition coefficient (Wildman–Crippen LogP) is 1.47. The van der Waals surface area contributed by atoms with Gasteiger partial charge in [0.25, 0.3) is 0 Å². The lowest BCUT2D eigenvalue weighted by Gasteiger charge is -2.38. The second-order valence-electron chi connectivity index (χ2n) is 5.91. The SMILES string of the molecule is CCCC(=O)O[C@@H]1[C@H](OC(=O)CCC)[C@H](OC(=O)CCC)CO[C@H]1O. The zero-order valence-electron chi connectivity index (χ0n) is 15.1. The minimum absolute atomic E-state index is 0.150. The van der Waals surface area contributed by atoms with E-state index in [2.05, 4.69) is 0 Å². The third kappa shape index (κ3) is 6.99. The quantitative estimate of drug-likeness (QED) is 0.486. The second-order valence-corrected chi connectivity index (χ2v) is 5.91. The summed E-state index contributed by atoms with van der Waals surface area (Å²) >= 11 is 0. The van der Waals surface area contributed by atoms with Crippen LogP contribution in [0.1, 0.15) is 59.3 Å². The van der Waals surface area contributed by atoms with E-state index in [1.165, 1.54) is 0 Å². The van der Waals surface area contributed by atoms with Crippen LogP contribution in [0.25, 0.3) is 0 Å². The normalized spacial score (nSPS) is 25.9. The number of hydrogen-bond acceptors (Lipinski definition) is 8. The molecule has 0 unspecified atom stereocenters. The van der Waals surface area contributed by atoms with E-state index in [9.17, 15) is 19.5 Å². The highest BCUT2D eigenvalue weighted by molar-refractivity contribution is 5.71. The Labute approximate surface area is 147 Å². The Morgan fingerprint density at radius 3 is 1.76 bits per heavy atom. The van der Waals surface area contributed by atoms with Gasteiger partial charge in [0.05, 0.1) is 6.61 Å². The largest absolute Gasteiger partial charge is 0.456 e. The first-order chi connectivity index (χ1) is 11.9. The summed E-state index contributed by atoms with van der Waals surface area (Å²) in [5, 5.41) is 10.0. The zero-order chi connectivity index (χ0) is 18.8. The van der Waals surface area contributed by atoms with Gasteiger partial charge in [-0.2, -0.15) is 0 Å². The molecule has 0 saturated carbocycles. The van der Waals surface area contributed by atoms with Crippen LogP contribution in [0.4, 0.5) is 0 Å². The fraction of sp³-hybridized carbons (Fsp3) is 0.824. The molecule has 8 heteroatoms. The molecule has 0 aromatic rings. The molecule has 0 radical (unpaired) electrons. The van der Waals surface area contributed by atoms with Gasteiger partial charge < -0.3 is 24.1 Å². The summed E-state index contributed by atoms with van der Waals surface area (Å²) < 4.78 is 21.0. The monoisotopic (exact) mass is 360 g/mol. The van der Waals surface area contributed by atoms with Crippen molar-refractivity contribution >= 4 is 17.9 Å². The van der Waals surface area contributed by atoms with E-state index in [0.717, 1.165) is 0 Å². The lowest BCUT2D eigenvalue weighted by atomic mass is 10.0. The zero-order valence-corrected chi connectivity index (χ0v) is 15.1. The maximum atomic E-state index is 11.9. The third-order valence-corrected chi connectivity index (χ3v) is 3.58. The van der Waals surface area contributed by atoms with Crippen molar-refractivity contribution in [1.29, 1.82) is 0 Å². The summed E-state index contributed by atoms with van der Waals surface area (Å²) in [7, 11) is 0. The molecule has 1 N–H and O–H groups in total. The predicted molar refractivity (Wildman–Crippen MR) is 86.3 cm³/mol. The van der Waals surface area contributed by atoms with Gasteiger partial charge in [0.2, 0.25) is 0 Å². The number of esters is 3. The van der Waals surface area contributed by atoms with Crippen LogP contribution < -0.4 is 0 Å². The number of hydrogen-bond donors (Lipinski definition) is 1. The van der Waals surface area contributed by atoms with Crippen molar-refractivity contribution in [2.24, 2.45) is 0 Å². The lowest BCUT2D eigenvalue weighted by Crippen LogP contribution is -2.57. The molecule has 0 aromatic heterocycles. The highest BCUT2D eigenvalue weighted by atomic mass is 16.7. The summed E-state index contributed by atoms with van der Waals surface area (Å²) in [6.07, 6.45) is -2.48. The number of aliphatic hydroxyl groups excluding tert-OH is 1. The van der Waals surface area contributed by atoms with Gasteiger partial charge in [0.15, 0.2) is 24.6 Å². The summed E-state index contributed by atoms with van der Waals surface area (Å²) in [4.78, 5) is 35.5. The molecule has 1 aliphatic heterocycles. The fourth-order valence-electron chi connectivity index (χ4n) is 2.39. The Morgan fingerprint density at radius 2 is 1.28 bits per heavy atom. The standard InChI is InChI=1S/C17H28O8/c1-4-7-12(18)23-11-10-22-17(21)16(25-14(20)9-6-3)15(11)24-13(19)8-5-2/h11,15-17,21H,4-10H2,1-3H3/t11-,15-,16-,17-/m1/s1. The Balaban J connectivity index is 2.91. The second kappa shape index (κ2) is 11.0. The molecule has 25 heavy (non-hydrogen) atoms. The first kappa shape index (κ1) is 21.4. The Bertz CT molecular complexity index is 450. The van der Waals surface area contributed by atoms with Crippen LogP contribution in [0.3, 0.4) is 0 Å². The van der Waals surface area contributed by atoms with Crippen LogP contribution >= 0.6 is 0 Å². The summed E-state index contributed by atoms with van der Waals surface area (Å²) in [5.74, 6) is -1.54. The molecule has 1 fully saturated rings. The Kier molecular flexibility index (Phi) is 9.44. The molecule has 1 aliphatic rings. The van der Waals surface area contributed by atoms with Crippen molar-refractivity contribution in [3.8, 4) is 0 Å². The van der Waals surface area contributed by atoms with Gasteiger partial charge >= 0.3 is 17.9 Å². The highest BCUT2D eigenvalue weighted by Gasteiger charge is 2.46. The molecular formula is C17H28O8.